The maximum atomic E-state index is 12.7. The first-order valence-corrected chi connectivity index (χ1v) is 12.5. The third-order valence-corrected chi connectivity index (χ3v) is 7.50. The van der Waals surface area contributed by atoms with Crippen LogP contribution < -0.4 is 5.32 Å². The molecule has 3 rings (SSSR count). The Hall–Kier alpha value is -2.23. The second kappa shape index (κ2) is 10.4. The van der Waals surface area contributed by atoms with Gasteiger partial charge in [-0.15, -0.1) is 0 Å². The van der Waals surface area contributed by atoms with E-state index in [4.69, 9.17) is 4.74 Å². The van der Waals surface area contributed by atoms with Crippen molar-refractivity contribution in [2.75, 3.05) is 25.0 Å². The van der Waals surface area contributed by atoms with Crippen LogP contribution in [0.15, 0.2) is 53.0 Å². The molecule has 1 N–H and O–H groups in total. The summed E-state index contributed by atoms with van der Waals surface area (Å²) in [6, 6.07) is 13.8. The number of anilines is 1. The Kier molecular flexibility index (Phi) is 7.85. The van der Waals surface area contributed by atoms with Gasteiger partial charge >= 0.3 is 5.97 Å². The summed E-state index contributed by atoms with van der Waals surface area (Å²) in [5.74, 6) is -0.961. The molecule has 7 nitrogen and oxygen atoms in total. The van der Waals surface area contributed by atoms with E-state index >= 15 is 0 Å². The third-order valence-electron chi connectivity index (χ3n) is 5.12. The zero-order valence-electron chi connectivity index (χ0n) is 17.2. The topological polar surface area (TPSA) is 92.8 Å². The van der Waals surface area contributed by atoms with Crippen LogP contribution >= 0.6 is 15.9 Å². The molecule has 166 valence electrons. The highest BCUT2D eigenvalue weighted by molar-refractivity contribution is 9.10. The molecule has 0 bridgehead atoms. The molecule has 0 aliphatic carbocycles. The Morgan fingerprint density at radius 2 is 1.81 bits per heavy atom. The van der Waals surface area contributed by atoms with Crippen LogP contribution in [-0.4, -0.2) is 44.3 Å². The van der Waals surface area contributed by atoms with Crippen molar-refractivity contribution in [3.8, 4) is 0 Å². The Bertz CT molecular complexity index is 1030. The van der Waals surface area contributed by atoms with Gasteiger partial charge in [-0.1, -0.05) is 34.1 Å². The SMILES string of the molecule is CCOC(=O)c1cccc(NC(=O)C2CCN(S(=O)(=O)Cc3ccc(Br)cc3)CC2)c1. The number of halogens is 1. The first-order chi connectivity index (χ1) is 14.8. The largest absolute Gasteiger partial charge is 0.462 e. The van der Waals surface area contributed by atoms with Crippen LogP contribution in [0.5, 0.6) is 0 Å². The minimum Gasteiger partial charge on any atom is -0.462 e. The second-order valence-corrected chi connectivity index (χ2v) is 10.2. The molecule has 1 aliphatic rings. The van der Waals surface area contributed by atoms with Crippen molar-refractivity contribution in [2.45, 2.75) is 25.5 Å². The average Bonchev–Trinajstić information content (AvgIpc) is 2.75. The van der Waals surface area contributed by atoms with Crippen LogP contribution in [0.25, 0.3) is 0 Å². The van der Waals surface area contributed by atoms with Crippen LogP contribution in [0.3, 0.4) is 0 Å². The van der Waals surface area contributed by atoms with Crippen molar-refractivity contribution in [2.24, 2.45) is 5.92 Å². The molecule has 2 aromatic rings. The Morgan fingerprint density at radius 1 is 1.13 bits per heavy atom. The van der Waals surface area contributed by atoms with Gasteiger partial charge in [-0.2, -0.15) is 0 Å². The average molecular weight is 509 g/mol. The molecule has 1 aliphatic heterocycles. The van der Waals surface area contributed by atoms with Crippen molar-refractivity contribution in [1.82, 2.24) is 4.31 Å². The highest BCUT2D eigenvalue weighted by Gasteiger charge is 2.31. The summed E-state index contributed by atoms with van der Waals surface area (Å²) < 4.78 is 32.8. The Morgan fingerprint density at radius 3 is 2.45 bits per heavy atom. The zero-order chi connectivity index (χ0) is 22.4. The number of sulfonamides is 1. The number of rotatable bonds is 7. The van der Waals surface area contributed by atoms with Crippen molar-refractivity contribution >= 4 is 43.5 Å². The summed E-state index contributed by atoms with van der Waals surface area (Å²) in [7, 11) is -3.44. The van der Waals surface area contributed by atoms with Crippen molar-refractivity contribution in [1.29, 1.82) is 0 Å². The van der Waals surface area contributed by atoms with Gasteiger partial charge in [-0.05, 0) is 55.7 Å². The van der Waals surface area contributed by atoms with Gasteiger partial charge in [0.2, 0.25) is 15.9 Å². The standard InChI is InChI=1S/C22H25BrN2O5S/c1-2-30-22(27)18-4-3-5-20(14-18)24-21(26)17-10-12-25(13-11-17)31(28,29)15-16-6-8-19(23)9-7-16/h3-9,14,17H,2,10-13,15H2,1H3,(H,24,26). The van der Waals surface area contributed by atoms with Crippen molar-refractivity contribution in [3.63, 3.8) is 0 Å². The van der Waals surface area contributed by atoms with E-state index in [1.165, 1.54) is 4.31 Å². The highest BCUT2D eigenvalue weighted by atomic mass is 79.9. The first-order valence-electron chi connectivity index (χ1n) is 10.1. The minimum atomic E-state index is -3.44. The number of nitrogens with one attached hydrogen (secondary N) is 1. The molecule has 9 heteroatoms. The number of amides is 1. The molecule has 31 heavy (non-hydrogen) atoms. The first kappa shape index (κ1) is 23.4. The number of piperidine rings is 1. The third kappa shape index (κ3) is 6.38. The van der Waals surface area contributed by atoms with Gasteiger partial charge in [0.05, 0.1) is 17.9 Å². The number of nitrogens with zero attached hydrogens (tertiary/aromatic N) is 1. The van der Waals surface area contributed by atoms with Crippen LogP contribution in [0.1, 0.15) is 35.7 Å². The van der Waals surface area contributed by atoms with E-state index in [1.54, 1.807) is 43.3 Å². The zero-order valence-corrected chi connectivity index (χ0v) is 19.6. The lowest BCUT2D eigenvalue weighted by Crippen LogP contribution is -2.41. The molecule has 1 heterocycles. The summed E-state index contributed by atoms with van der Waals surface area (Å²) >= 11 is 3.34. The van der Waals surface area contributed by atoms with Gasteiger partial charge in [-0.3, -0.25) is 4.79 Å². The molecule has 1 saturated heterocycles. The van der Waals surface area contributed by atoms with Crippen molar-refractivity contribution < 1.29 is 22.7 Å². The fraction of sp³-hybridized carbons (Fsp3) is 0.364. The highest BCUT2D eigenvalue weighted by Crippen LogP contribution is 2.24. The van der Waals surface area contributed by atoms with Crippen LogP contribution in [0.4, 0.5) is 5.69 Å². The second-order valence-electron chi connectivity index (χ2n) is 7.35. The van der Waals surface area contributed by atoms with E-state index in [0.29, 0.717) is 37.2 Å². The van der Waals surface area contributed by atoms with Crippen LogP contribution in [0.2, 0.25) is 0 Å². The number of esters is 1. The van der Waals surface area contributed by atoms with Crippen molar-refractivity contribution in [3.05, 3.63) is 64.1 Å². The maximum absolute atomic E-state index is 12.7. The van der Waals surface area contributed by atoms with E-state index in [0.717, 1.165) is 10.0 Å². The smallest absolute Gasteiger partial charge is 0.338 e. The van der Waals surface area contributed by atoms with E-state index in [-0.39, 0.29) is 24.2 Å². The van der Waals surface area contributed by atoms with E-state index in [2.05, 4.69) is 21.2 Å². The molecule has 0 unspecified atom stereocenters. The normalized spacial score (nSPS) is 15.4. The molecule has 0 radical (unpaired) electrons. The molecule has 0 saturated carbocycles. The maximum Gasteiger partial charge on any atom is 0.338 e. The molecule has 2 aromatic carbocycles. The minimum absolute atomic E-state index is 0.0577. The predicted octanol–water partition coefficient (Wildman–Crippen LogP) is 3.81. The molecule has 0 aromatic heterocycles. The fourth-order valence-corrected chi connectivity index (χ4v) is 5.29. The molecule has 1 fully saturated rings. The van der Waals surface area contributed by atoms with Gasteiger partial charge in [0.1, 0.15) is 0 Å². The van der Waals surface area contributed by atoms with E-state index in [9.17, 15) is 18.0 Å². The molecule has 0 atom stereocenters. The number of benzene rings is 2. The molecular formula is C22H25BrN2O5S. The summed E-state index contributed by atoms with van der Waals surface area (Å²) in [5, 5.41) is 2.83. The lowest BCUT2D eigenvalue weighted by molar-refractivity contribution is -0.120. The quantitative estimate of drug-likeness (QED) is 0.574. The summed E-state index contributed by atoms with van der Waals surface area (Å²) in [5.41, 5.74) is 1.61. The summed E-state index contributed by atoms with van der Waals surface area (Å²) in [4.78, 5) is 24.5. The van der Waals surface area contributed by atoms with Gasteiger partial charge in [0.25, 0.3) is 0 Å². The van der Waals surface area contributed by atoms with Crippen LogP contribution in [-0.2, 0) is 25.3 Å². The summed E-state index contributed by atoms with van der Waals surface area (Å²) in [6.07, 6.45) is 0.895. The lowest BCUT2D eigenvalue weighted by atomic mass is 9.97. The number of carbonyl (C=O) groups excluding carboxylic acids is 2. The van der Waals surface area contributed by atoms with Gasteiger partial charge in [-0.25, -0.2) is 17.5 Å². The van der Waals surface area contributed by atoms with E-state index in [1.807, 2.05) is 12.1 Å². The van der Waals surface area contributed by atoms with E-state index < -0.39 is 16.0 Å². The molecule has 1 amide bonds. The lowest BCUT2D eigenvalue weighted by Gasteiger charge is -2.30. The number of hydrogen-bond acceptors (Lipinski definition) is 5. The van der Waals surface area contributed by atoms with Gasteiger partial charge in [0.15, 0.2) is 0 Å². The monoisotopic (exact) mass is 508 g/mol. The van der Waals surface area contributed by atoms with Gasteiger partial charge in [0, 0.05) is 29.2 Å². The number of hydrogen-bond donors (Lipinski definition) is 1. The predicted molar refractivity (Wildman–Crippen MR) is 122 cm³/mol. The molecule has 0 spiro atoms. The van der Waals surface area contributed by atoms with Gasteiger partial charge < -0.3 is 10.1 Å². The molecular weight excluding hydrogens is 484 g/mol. The summed E-state index contributed by atoms with van der Waals surface area (Å²) in [6.45, 7) is 2.62. The fourth-order valence-electron chi connectivity index (χ4n) is 3.46. The Labute approximate surface area is 191 Å². The van der Waals surface area contributed by atoms with Crippen LogP contribution in [0, 0.1) is 5.92 Å². The number of ether oxygens (including phenoxy) is 1. The Balaban J connectivity index is 1.55. The number of carbonyl (C=O) groups is 2.